The molecule has 36 heavy (non-hydrogen) atoms. The first-order valence-electron chi connectivity index (χ1n) is 11.7. The summed E-state index contributed by atoms with van der Waals surface area (Å²) in [5.74, 6) is 0.141. The molecule has 1 atom stereocenters. The van der Waals surface area contributed by atoms with Gasteiger partial charge in [0.05, 0.1) is 25.3 Å². The van der Waals surface area contributed by atoms with Gasteiger partial charge in [-0.15, -0.1) is 0 Å². The lowest BCUT2D eigenvalue weighted by atomic mass is 10.2. The number of halogens is 1. The lowest BCUT2D eigenvalue weighted by molar-refractivity contribution is -0.122. The summed E-state index contributed by atoms with van der Waals surface area (Å²) in [4.78, 5) is 27.9. The molecule has 3 aromatic rings. The van der Waals surface area contributed by atoms with Crippen LogP contribution in [-0.2, 0) is 9.59 Å². The fourth-order valence-corrected chi connectivity index (χ4v) is 4.54. The summed E-state index contributed by atoms with van der Waals surface area (Å²) in [5, 5.41) is 15.5. The Hall–Kier alpha value is -4.16. The first kappa shape index (κ1) is 24.9. The molecule has 1 saturated heterocycles. The molecule has 2 amide bonds. The van der Waals surface area contributed by atoms with Crippen molar-refractivity contribution in [2.75, 3.05) is 30.8 Å². The normalized spacial score (nSPS) is 15.4. The molecule has 2 N–H and O–H groups in total. The predicted molar refractivity (Wildman–Crippen MR) is 135 cm³/mol. The minimum absolute atomic E-state index is 0.00173. The Morgan fingerprint density at radius 1 is 1.11 bits per heavy atom. The maximum Gasteiger partial charge on any atom is 0.241 e. The van der Waals surface area contributed by atoms with Crippen LogP contribution in [0.5, 0.6) is 5.75 Å². The zero-order chi connectivity index (χ0) is 25.8. The highest BCUT2D eigenvalue weighted by Crippen LogP contribution is 2.30. The number of amides is 2. The summed E-state index contributed by atoms with van der Waals surface area (Å²) in [6.45, 7) is 4.26. The van der Waals surface area contributed by atoms with Gasteiger partial charge < -0.3 is 15.4 Å². The Morgan fingerprint density at radius 2 is 1.81 bits per heavy atom. The fourth-order valence-electron chi connectivity index (χ4n) is 4.54. The molecule has 0 spiro atoms. The number of hydrogen-bond donors (Lipinski definition) is 2. The van der Waals surface area contributed by atoms with Crippen LogP contribution in [0.15, 0.2) is 48.5 Å². The summed E-state index contributed by atoms with van der Waals surface area (Å²) in [5.41, 5.74) is 3.13. The van der Waals surface area contributed by atoms with Gasteiger partial charge in [-0.1, -0.05) is 0 Å². The van der Waals surface area contributed by atoms with Gasteiger partial charge in [0.2, 0.25) is 11.8 Å². The summed E-state index contributed by atoms with van der Waals surface area (Å²) < 4.78 is 20.4. The highest BCUT2D eigenvalue weighted by Gasteiger charge is 2.32. The first-order valence-corrected chi connectivity index (χ1v) is 11.7. The number of ether oxygens (including phenoxy) is 1. The van der Waals surface area contributed by atoms with Crippen LogP contribution in [0.1, 0.15) is 29.7 Å². The van der Waals surface area contributed by atoms with Crippen LogP contribution in [0, 0.1) is 31.0 Å². The van der Waals surface area contributed by atoms with Crippen molar-refractivity contribution in [2.45, 2.75) is 32.7 Å². The third-order valence-electron chi connectivity index (χ3n) is 6.54. The Kier molecular flexibility index (Phi) is 7.36. The summed E-state index contributed by atoms with van der Waals surface area (Å²) in [7, 11) is 1.58. The zero-order valence-electron chi connectivity index (χ0n) is 20.5. The molecule has 4 rings (SSSR count). The van der Waals surface area contributed by atoms with Crippen LogP contribution in [0.2, 0.25) is 0 Å². The van der Waals surface area contributed by atoms with Crippen LogP contribution in [0.3, 0.4) is 0 Å². The lowest BCUT2D eigenvalue weighted by Gasteiger charge is -2.23. The average molecular weight is 490 g/mol. The second kappa shape index (κ2) is 10.6. The molecule has 9 heteroatoms. The van der Waals surface area contributed by atoms with Crippen LogP contribution in [0.4, 0.5) is 15.9 Å². The summed E-state index contributed by atoms with van der Waals surface area (Å²) in [6.07, 6.45) is 1.44. The third kappa shape index (κ3) is 5.09. The van der Waals surface area contributed by atoms with E-state index in [4.69, 9.17) is 4.74 Å². The summed E-state index contributed by atoms with van der Waals surface area (Å²) >= 11 is 0. The van der Waals surface area contributed by atoms with Crippen LogP contribution in [0.25, 0.3) is 5.69 Å². The second-order valence-electron chi connectivity index (χ2n) is 8.75. The van der Waals surface area contributed by atoms with E-state index < -0.39 is 6.04 Å². The number of carbonyl (C=O) groups is 2. The van der Waals surface area contributed by atoms with E-state index in [0.29, 0.717) is 41.5 Å². The molecule has 186 valence electrons. The number of anilines is 2. The third-order valence-corrected chi connectivity index (χ3v) is 6.54. The molecule has 8 nitrogen and oxygen atoms in total. The topological polar surface area (TPSA) is 99.4 Å². The smallest absolute Gasteiger partial charge is 0.241 e. The largest absolute Gasteiger partial charge is 0.497 e. The minimum atomic E-state index is -0.444. The number of hydrogen-bond acceptors (Lipinski definition) is 5. The van der Waals surface area contributed by atoms with Crippen LogP contribution >= 0.6 is 0 Å². The van der Waals surface area contributed by atoms with Gasteiger partial charge in [-0.2, -0.15) is 5.26 Å². The van der Waals surface area contributed by atoms with Gasteiger partial charge in [-0.3, -0.25) is 19.1 Å². The van der Waals surface area contributed by atoms with E-state index in [9.17, 15) is 19.2 Å². The van der Waals surface area contributed by atoms with E-state index in [2.05, 4.69) is 16.7 Å². The second-order valence-corrected chi connectivity index (χ2v) is 8.75. The summed E-state index contributed by atoms with van der Waals surface area (Å²) in [6, 6.07) is 14.6. The van der Waals surface area contributed by atoms with E-state index in [1.807, 2.05) is 18.7 Å². The van der Waals surface area contributed by atoms with Crippen molar-refractivity contribution in [3.63, 3.8) is 0 Å². The highest BCUT2D eigenvalue weighted by molar-refractivity contribution is 5.97. The zero-order valence-corrected chi connectivity index (χ0v) is 20.5. The van der Waals surface area contributed by atoms with Gasteiger partial charge in [-0.25, -0.2) is 4.39 Å². The number of nitrogens with zero attached hydrogens (tertiary/aromatic N) is 3. The number of nitrogens with one attached hydrogen (secondary N) is 2. The van der Waals surface area contributed by atoms with Crippen molar-refractivity contribution in [3.8, 4) is 17.5 Å². The van der Waals surface area contributed by atoms with Gasteiger partial charge in [0.1, 0.15) is 23.5 Å². The standard InChI is InChI=1S/C27H28FN5O3/c1-17-18(2)33(21-10-6-19(28)7-11-21)26(23(17)15-29)31-25(34)16-32-14-4-5-24(32)27(35)30-20-8-12-22(36-3)13-9-20/h6-13,24H,4-5,14,16H2,1-3H3,(H,30,35)(H,31,34). The Bertz CT molecular complexity index is 1310. The first-order chi connectivity index (χ1) is 17.3. The van der Waals surface area contributed by atoms with Crippen molar-refractivity contribution >= 4 is 23.3 Å². The number of nitriles is 1. The Morgan fingerprint density at radius 3 is 2.44 bits per heavy atom. The molecule has 0 aliphatic carbocycles. The van der Waals surface area contributed by atoms with E-state index in [1.165, 1.54) is 12.1 Å². The number of benzene rings is 2. The molecule has 2 aromatic carbocycles. The number of aromatic nitrogens is 1. The molecule has 1 aliphatic rings. The molecular weight excluding hydrogens is 461 g/mol. The maximum atomic E-state index is 13.5. The number of likely N-dealkylation sites (tertiary alicyclic amines) is 1. The fraction of sp³-hybridized carbons (Fsp3) is 0.296. The Balaban J connectivity index is 1.50. The van der Waals surface area contributed by atoms with Crippen molar-refractivity contribution < 1.29 is 18.7 Å². The van der Waals surface area contributed by atoms with Gasteiger partial charge in [-0.05, 0) is 87.3 Å². The minimum Gasteiger partial charge on any atom is -0.497 e. The molecule has 1 aliphatic heterocycles. The van der Waals surface area contributed by atoms with Gasteiger partial charge in [0.15, 0.2) is 0 Å². The van der Waals surface area contributed by atoms with Gasteiger partial charge in [0.25, 0.3) is 0 Å². The van der Waals surface area contributed by atoms with E-state index in [1.54, 1.807) is 48.1 Å². The van der Waals surface area contributed by atoms with Crippen molar-refractivity contribution in [1.82, 2.24) is 9.47 Å². The van der Waals surface area contributed by atoms with Crippen molar-refractivity contribution in [2.24, 2.45) is 0 Å². The van der Waals surface area contributed by atoms with Crippen molar-refractivity contribution in [3.05, 3.63) is 71.2 Å². The number of carbonyl (C=O) groups excluding carboxylic acids is 2. The van der Waals surface area contributed by atoms with Crippen LogP contribution < -0.4 is 15.4 Å². The van der Waals surface area contributed by atoms with Gasteiger partial charge >= 0.3 is 0 Å². The number of rotatable bonds is 7. The molecule has 2 heterocycles. The monoisotopic (exact) mass is 489 g/mol. The van der Waals surface area contributed by atoms with Crippen molar-refractivity contribution in [1.29, 1.82) is 5.26 Å². The molecule has 0 radical (unpaired) electrons. The maximum absolute atomic E-state index is 13.5. The molecule has 1 unspecified atom stereocenters. The molecular formula is C27H28FN5O3. The van der Waals surface area contributed by atoms with E-state index in [-0.39, 0.29) is 24.2 Å². The van der Waals surface area contributed by atoms with E-state index >= 15 is 0 Å². The highest BCUT2D eigenvalue weighted by atomic mass is 19.1. The SMILES string of the molecule is COc1ccc(NC(=O)C2CCCN2CC(=O)Nc2c(C#N)c(C)c(C)n2-c2ccc(F)cc2)cc1. The van der Waals surface area contributed by atoms with E-state index in [0.717, 1.165) is 17.7 Å². The quantitative estimate of drug-likeness (QED) is 0.519. The molecule has 0 bridgehead atoms. The Labute approximate surface area is 209 Å². The average Bonchev–Trinajstić information content (AvgIpc) is 3.42. The molecule has 1 aromatic heterocycles. The molecule has 1 fully saturated rings. The molecule has 0 saturated carbocycles. The predicted octanol–water partition coefficient (Wildman–Crippen LogP) is 4.16. The number of methoxy groups -OCH3 is 1. The van der Waals surface area contributed by atoms with Crippen LogP contribution in [-0.4, -0.2) is 47.5 Å². The van der Waals surface area contributed by atoms with Gasteiger partial charge in [0, 0.05) is 17.1 Å². The lowest BCUT2D eigenvalue weighted by Crippen LogP contribution is -2.43.